The molecule has 3 N–H and O–H groups in total. The van der Waals surface area contributed by atoms with Crippen LogP contribution in [0, 0.1) is 0 Å². The van der Waals surface area contributed by atoms with Gasteiger partial charge in [-0.1, -0.05) is 0 Å². The highest BCUT2D eigenvalue weighted by molar-refractivity contribution is 7.98. The summed E-state index contributed by atoms with van der Waals surface area (Å²) in [6.07, 6.45) is 2.73. The van der Waals surface area contributed by atoms with E-state index in [4.69, 9.17) is 5.73 Å². The lowest BCUT2D eigenvalue weighted by atomic mass is 10.2. The number of thiol groups is 1. The second kappa shape index (κ2) is 7.76. The van der Waals surface area contributed by atoms with Gasteiger partial charge in [-0.15, -0.1) is 0 Å². The lowest BCUT2D eigenvalue weighted by Gasteiger charge is -2.10. The predicted molar refractivity (Wildman–Crippen MR) is 57.8 cm³/mol. The second-order valence-electron chi connectivity index (χ2n) is 2.40. The first-order valence-electron chi connectivity index (χ1n) is 3.85. The van der Waals surface area contributed by atoms with E-state index in [2.05, 4.69) is 17.9 Å². The Morgan fingerprint density at radius 1 is 1.75 bits per heavy atom. The minimum Gasteiger partial charge on any atom is -0.354 e. The van der Waals surface area contributed by atoms with Gasteiger partial charge in [0.25, 0.3) is 0 Å². The fraction of sp³-hybridized carbons (Fsp3) is 0.857. The SMILES string of the molecule is CSCCC(N)C(=O)NCCS. The van der Waals surface area contributed by atoms with Crippen molar-refractivity contribution in [3.8, 4) is 0 Å². The summed E-state index contributed by atoms with van der Waals surface area (Å²) in [4.78, 5) is 11.1. The Labute approximate surface area is 83.3 Å². The van der Waals surface area contributed by atoms with E-state index in [1.165, 1.54) is 0 Å². The molecule has 1 unspecified atom stereocenters. The number of nitrogens with one attached hydrogen (secondary N) is 1. The number of amides is 1. The highest BCUT2D eigenvalue weighted by atomic mass is 32.2. The van der Waals surface area contributed by atoms with Crippen LogP contribution in [0.3, 0.4) is 0 Å². The molecule has 1 atom stereocenters. The van der Waals surface area contributed by atoms with E-state index < -0.39 is 0 Å². The van der Waals surface area contributed by atoms with Crippen molar-refractivity contribution in [1.82, 2.24) is 5.32 Å². The molecule has 0 aliphatic carbocycles. The summed E-state index contributed by atoms with van der Waals surface area (Å²) in [6, 6.07) is -0.364. The van der Waals surface area contributed by atoms with Crippen molar-refractivity contribution in [2.24, 2.45) is 5.73 Å². The molecule has 0 aromatic carbocycles. The van der Waals surface area contributed by atoms with Gasteiger partial charge in [-0.2, -0.15) is 24.4 Å². The van der Waals surface area contributed by atoms with E-state index in [0.717, 1.165) is 12.2 Å². The normalized spacial score (nSPS) is 12.6. The van der Waals surface area contributed by atoms with Gasteiger partial charge in [0.05, 0.1) is 6.04 Å². The van der Waals surface area contributed by atoms with Crippen molar-refractivity contribution < 1.29 is 4.79 Å². The van der Waals surface area contributed by atoms with Crippen LogP contribution in [-0.2, 0) is 4.79 Å². The minimum atomic E-state index is -0.364. The van der Waals surface area contributed by atoms with Crippen molar-refractivity contribution in [1.29, 1.82) is 0 Å². The molecule has 0 rings (SSSR count). The maximum absolute atomic E-state index is 11.1. The van der Waals surface area contributed by atoms with Gasteiger partial charge < -0.3 is 11.1 Å². The first-order valence-corrected chi connectivity index (χ1v) is 5.88. The smallest absolute Gasteiger partial charge is 0.236 e. The van der Waals surface area contributed by atoms with Gasteiger partial charge >= 0.3 is 0 Å². The monoisotopic (exact) mass is 208 g/mol. The molecule has 0 aliphatic rings. The van der Waals surface area contributed by atoms with Crippen LogP contribution < -0.4 is 11.1 Å². The van der Waals surface area contributed by atoms with Crippen LogP contribution in [-0.4, -0.2) is 36.3 Å². The summed E-state index contributed by atoms with van der Waals surface area (Å²) in [6.45, 7) is 0.592. The number of carbonyl (C=O) groups excluding carboxylic acids is 1. The average molecular weight is 208 g/mol. The molecule has 0 aromatic heterocycles. The number of carbonyl (C=O) groups is 1. The molecule has 0 saturated heterocycles. The van der Waals surface area contributed by atoms with Crippen LogP contribution in [0.2, 0.25) is 0 Å². The van der Waals surface area contributed by atoms with Crippen molar-refractivity contribution in [2.75, 3.05) is 24.3 Å². The zero-order valence-corrected chi connectivity index (χ0v) is 8.96. The van der Waals surface area contributed by atoms with E-state index in [9.17, 15) is 4.79 Å². The molecule has 0 radical (unpaired) electrons. The standard InChI is InChI=1S/C7H16N2OS2/c1-12-5-2-6(8)7(10)9-3-4-11/h6,11H,2-5,8H2,1H3,(H,9,10). The molecule has 1 amide bonds. The number of nitrogens with two attached hydrogens (primary N) is 1. The van der Waals surface area contributed by atoms with Crippen LogP contribution >= 0.6 is 24.4 Å². The van der Waals surface area contributed by atoms with Crippen LogP contribution in [0.15, 0.2) is 0 Å². The Balaban J connectivity index is 3.47. The molecule has 0 bridgehead atoms. The van der Waals surface area contributed by atoms with Gasteiger partial charge in [0.1, 0.15) is 0 Å². The van der Waals surface area contributed by atoms with Gasteiger partial charge in [0, 0.05) is 12.3 Å². The first kappa shape index (κ1) is 12.1. The Morgan fingerprint density at radius 2 is 2.42 bits per heavy atom. The number of hydrogen-bond donors (Lipinski definition) is 3. The predicted octanol–water partition coefficient (Wildman–Crippen LogP) is 0.113. The van der Waals surface area contributed by atoms with Crippen LogP contribution in [0.25, 0.3) is 0 Å². The third kappa shape index (κ3) is 5.74. The molecule has 0 saturated carbocycles. The largest absolute Gasteiger partial charge is 0.354 e. The maximum atomic E-state index is 11.1. The molecule has 0 heterocycles. The summed E-state index contributed by atoms with van der Waals surface area (Å²) in [5, 5.41) is 2.69. The lowest BCUT2D eigenvalue weighted by Crippen LogP contribution is -2.41. The van der Waals surface area contributed by atoms with E-state index in [1.54, 1.807) is 11.8 Å². The van der Waals surface area contributed by atoms with Crippen LogP contribution in [0.1, 0.15) is 6.42 Å². The van der Waals surface area contributed by atoms with E-state index in [0.29, 0.717) is 12.3 Å². The molecular weight excluding hydrogens is 192 g/mol. The van der Waals surface area contributed by atoms with Crippen molar-refractivity contribution in [3.63, 3.8) is 0 Å². The maximum Gasteiger partial charge on any atom is 0.236 e. The molecule has 12 heavy (non-hydrogen) atoms. The molecule has 0 fully saturated rings. The third-order valence-electron chi connectivity index (χ3n) is 1.38. The first-order chi connectivity index (χ1) is 5.72. The fourth-order valence-corrected chi connectivity index (χ4v) is 1.29. The second-order valence-corrected chi connectivity index (χ2v) is 3.84. The number of thioether (sulfide) groups is 1. The number of rotatable bonds is 6. The Morgan fingerprint density at radius 3 is 2.92 bits per heavy atom. The number of hydrogen-bond acceptors (Lipinski definition) is 4. The lowest BCUT2D eigenvalue weighted by molar-refractivity contribution is -0.122. The summed E-state index contributed by atoms with van der Waals surface area (Å²) < 4.78 is 0. The van der Waals surface area contributed by atoms with Crippen molar-refractivity contribution in [3.05, 3.63) is 0 Å². The van der Waals surface area contributed by atoms with Crippen LogP contribution in [0.4, 0.5) is 0 Å². The molecule has 72 valence electrons. The Bertz CT molecular complexity index is 133. The Hall–Kier alpha value is 0.130. The van der Waals surface area contributed by atoms with E-state index in [1.807, 2.05) is 6.26 Å². The van der Waals surface area contributed by atoms with Gasteiger partial charge in [-0.3, -0.25) is 4.79 Å². The zero-order chi connectivity index (χ0) is 9.40. The molecule has 5 heteroatoms. The highest BCUT2D eigenvalue weighted by Crippen LogP contribution is 1.98. The topological polar surface area (TPSA) is 55.1 Å². The van der Waals surface area contributed by atoms with Gasteiger partial charge in [-0.05, 0) is 18.4 Å². The molecule has 0 aromatic rings. The minimum absolute atomic E-state index is 0.0712. The van der Waals surface area contributed by atoms with Crippen molar-refractivity contribution >= 4 is 30.3 Å². The van der Waals surface area contributed by atoms with Gasteiger partial charge in [-0.25, -0.2) is 0 Å². The van der Waals surface area contributed by atoms with Crippen LogP contribution in [0.5, 0.6) is 0 Å². The zero-order valence-electron chi connectivity index (χ0n) is 7.25. The van der Waals surface area contributed by atoms with E-state index >= 15 is 0 Å². The summed E-state index contributed by atoms with van der Waals surface area (Å²) >= 11 is 5.67. The summed E-state index contributed by atoms with van der Waals surface area (Å²) in [7, 11) is 0. The molecule has 0 aliphatic heterocycles. The molecular formula is C7H16N2OS2. The average Bonchev–Trinajstić information content (AvgIpc) is 2.10. The quantitative estimate of drug-likeness (QED) is 0.543. The summed E-state index contributed by atoms with van der Waals surface area (Å²) in [5.74, 6) is 1.51. The highest BCUT2D eigenvalue weighted by Gasteiger charge is 2.10. The van der Waals surface area contributed by atoms with Crippen molar-refractivity contribution in [2.45, 2.75) is 12.5 Å². The molecule has 0 spiro atoms. The third-order valence-corrected chi connectivity index (χ3v) is 2.25. The van der Waals surface area contributed by atoms with Gasteiger partial charge in [0.15, 0.2) is 0 Å². The fourth-order valence-electron chi connectivity index (χ4n) is 0.686. The van der Waals surface area contributed by atoms with E-state index in [-0.39, 0.29) is 11.9 Å². The molecule has 3 nitrogen and oxygen atoms in total. The Kier molecular flexibility index (Phi) is 7.85. The van der Waals surface area contributed by atoms with Gasteiger partial charge in [0.2, 0.25) is 5.91 Å². The summed E-state index contributed by atoms with van der Waals surface area (Å²) in [5.41, 5.74) is 5.59.